The largest absolute Gasteiger partial charge is 0.364 e. The van der Waals surface area contributed by atoms with Crippen LogP contribution in [0.25, 0.3) is 0 Å². The van der Waals surface area contributed by atoms with Gasteiger partial charge < -0.3 is 14.2 Å². The van der Waals surface area contributed by atoms with Gasteiger partial charge in [-0.3, -0.25) is 4.79 Å². The molecule has 1 spiro atoms. The van der Waals surface area contributed by atoms with Gasteiger partial charge >= 0.3 is 0 Å². The molecule has 3 aliphatic heterocycles. The van der Waals surface area contributed by atoms with Crippen molar-refractivity contribution in [2.45, 2.75) is 50.2 Å². The molecule has 0 aliphatic carbocycles. The molecule has 2 fully saturated rings. The number of aromatic nitrogens is 1. The molecular weight excluding hydrogens is 418 g/mol. The Labute approximate surface area is 182 Å². The van der Waals surface area contributed by atoms with Crippen LogP contribution >= 0.6 is 0 Å². The third-order valence-corrected chi connectivity index (χ3v) is 8.97. The van der Waals surface area contributed by atoms with Crippen molar-refractivity contribution in [2.24, 2.45) is 5.92 Å². The van der Waals surface area contributed by atoms with Crippen LogP contribution in [0.15, 0.2) is 33.7 Å². The second-order valence-electron chi connectivity index (χ2n) is 8.81. The number of carbonyl (C=O) groups excluding carboxylic acids is 1. The summed E-state index contributed by atoms with van der Waals surface area (Å²) in [4.78, 5) is 15.3. The summed E-state index contributed by atoms with van der Waals surface area (Å²) in [5.74, 6) is -0.0520. The van der Waals surface area contributed by atoms with E-state index in [9.17, 15) is 13.2 Å². The number of carbonyl (C=O) groups is 1. The number of likely N-dealkylation sites (tertiary alicyclic amines) is 1. The van der Waals surface area contributed by atoms with Crippen LogP contribution in [0, 0.1) is 19.8 Å². The molecule has 2 atom stereocenters. The lowest BCUT2D eigenvalue weighted by molar-refractivity contribution is -0.137. The van der Waals surface area contributed by atoms with E-state index in [0.717, 1.165) is 6.42 Å². The molecule has 2 unspecified atom stereocenters. The first kappa shape index (κ1) is 20.7. The number of fused-ring (bicyclic) bond motifs is 2. The molecule has 1 aromatic carbocycles. The molecule has 2 aromatic rings. The molecule has 9 heteroatoms. The van der Waals surface area contributed by atoms with E-state index in [-0.39, 0.29) is 29.0 Å². The summed E-state index contributed by atoms with van der Waals surface area (Å²) in [5.41, 5.74) is 2.29. The maximum absolute atomic E-state index is 13.4. The fraction of sp³-hybridized carbons (Fsp3) is 0.545. The molecule has 1 aromatic heterocycles. The third kappa shape index (κ3) is 3.30. The van der Waals surface area contributed by atoms with Gasteiger partial charge in [0.05, 0.1) is 19.1 Å². The van der Waals surface area contributed by atoms with Crippen molar-refractivity contribution in [1.29, 1.82) is 0 Å². The number of aryl methyl sites for hydroxylation is 2. The SMILES string of the molecule is Cc1noc(C)c1S(=O)(=O)N1CCCC(C(=O)N2CCC3(C2)OCc2ccccc23)C1. The van der Waals surface area contributed by atoms with Crippen LogP contribution < -0.4 is 0 Å². The van der Waals surface area contributed by atoms with E-state index in [0.29, 0.717) is 44.8 Å². The smallest absolute Gasteiger partial charge is 0.248 e. The maximum atomic E-state index is 13.4. The maximum Gasteiger partial charge on any atom is 0.248 e. The number of rotatable bonds is 3. The van der Waals surface area contributed by atoms with Crippen LogP contribution in [0.2, 0.25) is 0 Å². The van der Waals surface area contributed by atoms with E-state index in [1.54, 1.807) is 13.8 Å². The first-order valence-electron chi connectivity index (χ1n) is 10.8. The Morgan fingerprint density at radius 2 is 2.03 bits per heavy atom. The molecule has 8 nitrogen and oxygen atoms in total. The van der Waals surface area contributed by atoms with Crippen molar-refractivity contribution in [3.05, 3.63) is 46.8 Å². The van der Waals surface area contributed by atoms with E-state index in [2.05, 4.69) is 17.3 Å². The highest BCUT2D eigenvalue weighted by Gasteiger charge is 2.48. The molecule has 166 valence electrons. The number of nitrogens with zero attached hydrogens (tertiary/aromatic N) is 3. The first-order chi connectivity index (χ1) is 14.8. The number of sulfonamides is 1. The zero-order chi connectivity index (χ0) is 21.8. The normalized spacial score (nSPS) is 26.5. The summed E-state index contributed by atoms with van der Waals surface area (Å²) in [6, 6.07) is 8.19. The molecule has 0 bridgehead atoms. The molecule has 0 saturated carbocycles. The highest BCUT2D eigenvalue weighted by molar-refractivity contribution is 7.89. The minimum absolute atomic E-state index is 0.0171. The Bertz CT molecular complexity index is 1110. The van der Waals surface area contributed by atoms with Gasteiger partial charge in [-0.05, 0) is 44.2 Å². The average Bonchev–Trinajstić information content (AvgIpc) is 3.46. The molecule has 4 heterocycles. The number of amides is 1. The predicted molar refractivity (Wildman–Crippen MR) is 112 cm³/mol. The van der Waals surface area contributed by atoms with Gasteiger partial charge in [0.1, 0.15) is 16.2 Å². The van der Waals surface area contributed by atoms with Crippen molar-refractivity contribution in [1.82, 2.24) is 14.4 Å². The molecular formula is C22H27N3O5S. The van der Waals surface area contributed by atoms with Crippen LogP contribution in [-0.2, 0) is 31.8 Å². The summed E-state index contributed by atoms with van der Waals surface area (Å²) in [7, 11) is -3.75. The fourth-order valence-corrected chi connectivity index (χ4v) is 7.10. The van der Waals surface area contributed by atoms with Gasteiger partial charge in [0.2, 0.25) is 15.9 Å². The predicted octanol–water partition coefficient (Wildman–Crippen LogP) is 2.35. The Hall–Kier alpha value is -2.23. The average molecular weight is 446 g/mol. The van der Waals surface area contributed by atoms with Crippen molar-refractivity contribution >= 4 is 15.9 Å². The summed E-state index contributed by atoms with van der Waals surface area (Å²) in [6.07, 6.45) is 2.11. The summed E-state index contributed by atoms with van der Waals surface area (Å²) >= 11 is 0. The van der Waals surface area contributed by atoms with E-state index in [1.807, 2.05) is 17.0 Å². The van der Waals surface area contributed by atoms with Crippen molar-refractivity contribution in [3.63, 3.8) is 0 Å². The molecule has 2 saturated heterocycles. The van der Waals surface area contributed by atoms with Crippen molar-refractivity contribution < 1.29 is 22.5 Å². The Morgan fingerprint density at radius 3 is 2.81 bits per heavy atom. The Kier molecular flexibility index (Phi) is 4.95. The Balaban J connectivity index is 1.32. The lowest BCUT2D eigenvalue weighted by Crippen LogP contribution is -2.47. The van der Waals surface area contributed by atoms with Crippen LogP contribution in [0.4, 0.5) is 0 Å². The van der Waals surface area contributed by atoms with Crippen LogP contribution in [0.5, 0.6) is 0 Å². The molecule has 3 aliphatic rings. The number of ether oxygens (including phenoxy) is 1. The van der Waals surface area contributed by atoms with E-state index in [1.165, 1.54) is 15.4 Å². The minimum Gasteiger partial charge on any atom is -0.364 e. The van der Waals surface area contributed by atoms with E-state index < -0.39 is 15.6 Å². The minimum atomic E-state index is -3.75. The highest BCUT2D eigenvalue weighted by Crippen LogP contribution is 2.43. The topological polar surface area (TPSA) is 93.0 Å². The number of hydrogen-bond acceptors (Lipinski definition) is 6. The number of piperidine rings is 1. The molecule has 5 rings (SSSR count). The molecule has 31 heavy (non-hydrogen) atoms. The second-order valence-corrected chi connectivity index (χ2v) is 10.7. The van der Waals surface area contributed by atoms with E-state index >= 15 is 0 Å². The van der Waals surface area contributed by atoms with Crippen molar-refractivity contribution in [2.75, 3.05) is 26.2 Å². The monoisotopic (exact) mass is 445 g/mol. The van der Waals surface area contributed by atoms with Crippen LogP contribution in [0.1, 0.15) is 41.8 Å². The van der Waals surface area contributed by atoms with Gasteiger partial charge in [0.25, 0.3) is 0 Å². The van der Waals surface area contributed by atoms with Gasteiger partial charge in [0.15, 0.2) is 5.76 Å². The van der Waals surface area contributed by atoms with Crippen LogP contribution in [-0.4, -0.2) is 54.9 Å². The highest BCUT2D eigenvalue weighted by atomic mass is 32.2. The fourth-order valence-electron chi connectivity index (χ4n) is 5.28. The van der Waals surface area contributed by atoms with Gasteiger partial charge in [-0.25, -0.2) is 8.42 Å². The lowest BCUT2D eigenvalue weighted by Gasteiger charge is -2.33. The summed E-state index contributed by atoms with van der Waals surface area (Å²) in [5, 5.41) is 3.78. The van der Waals surface area contributed by atoms with E-state index in [4.69, 9.17) is 9.26 Å². The van der Waals surface area contributed by atoms with Gasteiger partial charge in [-0.2, -0.15) is 4.31 Å². The van der Waals surface area contributed by atoms with Gasteiger partial charge in [-0.15, -0.1) is 0 Å². The standard InChI is InChI=1S/C22H27N3O5S/c1-15-20(16(2)30-23-15)31(27,28)25-10-5-7-17(12-25)21(26)24-11-9-22(14-24)19-8-4-3-6-18(19)13-29-22/h3-4,6,8,17H,5,7,9-14H2,1-2H3. The van der Waals surface area contributed by atoms with Gasteiger partial charge in [0, 0.05) is 19.6 Å². The third-order valence-electron chi connectivity index (χ3n) is 6.85. The quantitative estimate of drug-likeness (QED) is 0.720. The van der Waals surface area contributed by atoms with Gasteiger partial charge in [-0.1, -0.05) is 29.4 Å². The number of benzene rings is 1. The molecule has 1 amide bonds. The lowest BCUT2D eigenvalue weighted by atomic mass is 9.91. The van der Waals surface area contributed by atoms with Crippen LogP contribution in [0.3, 0.4) is 0 Å². The first-order valence-corrected chi connectivity index (χ1v) is 12.2. The Morgan fingerprint density at radius 1 is 1.23 bits per heavy atom. The summed E-state index contributed by atoms with van der Waals surface area (Å²) in [6.45, 7) is 5.53. The zero-order valence-corrected chi connectivity index (χ0v) is 18.7. The molecule has 0 N–H and O–H groups in total. The zero-order valence-electron chi connectivity index (χ0n) is 17.8. The second kappa shape index (κ2) is 7.43. The number of hydrogen-bond donors (Lipinski definition) is 0. The summed E-state index contributed by atoms with van der Waals surface area (Å²) < 4.78 is 39.1. The van der Waals surface area contributed by atoms with Crippen molar-refractivity contribution in [3.8, 4) is 0 Å². The molecule has 0 radical (unpaired) electrons.